The van der Waals surface area contributed by atoms with Crippen LogP contribution in [0.15, 0.2) is 60.7 Å². The summed E-state index contributed by atoms with van der Waals surface area (Å²) in [5.41, 5.74) is 3.24. The molecule has 0 radical (unpaired) electrons. The standard InChI is InChI=1S/C19H22/c1-19(2,17-13-14-17)18(15-9-5-3-6-10-15)16-11-7-4-8-12-16/h3-12,17-18H,13-14H2,1-2H3. The summed E-state index contributed by atoms with van der Waals surface area (Å²) in [5, 5.41) is 0. The van der Waals surface area contributed by atoms with E-state index >= 15 is 0 Å². The first kappa shape index (κ1) is 12.5. The minimum absolute atomic E-state index is 0.336. The van der Waals surface area contributed by atoms with Gasteiger partial charge in [0, 0.05) is 5.92 Å². The summed E-state index contributed by atoms with van der Waals surface area (Å²) in [4.78, 5) is 0. The first-order valence-corrected chi connectivity index (χ1v) is 7.29. The fourth-order valence-corrected chi connectivity index (χ4v) is 3.41. The van der Waals surface area contributed by atoms with Gasteiger partial charge in [0.25, 0.3) is 0 Å². The van der Waals surface area contributed by atoms with Crippen LogP contribution in [0.5, 0.6) is 0 Å². The Morgan fingerprint density at radius 2 is 1.21 bits per heavy atom. The third-order valence-electron chi connectivity index (χ3n) is 4.64. The van der Waals surface area contributed by atoms with Crippen LogP contribution in [0.2, 0.25) is 0 Å². The SMILES string of the molecule is CC(C)(C1CC1)C(c1ccccc1)c1ccccc1. The molecule has 1 saturated carbocycles. The minimum atomic E-state index is 0.336. The Bertz CT molecular complexity index is 481. The van der Waals surface area contributed by atoms with Gasteiger partial charge in [-0.1, -0.05) is 74.5 Å². The van der Waals surface area contributed by atoms with Crippen LogP contribution in [0.3, 0.4) is 0 Å². The van der Waals surface area contributed by atoms with E-state index in [1.54, 1.807) is 0 Å². The second-order valence-corrected chi connectivity index (χ2v) is 6.35. The molecule has 1 aliphatic rings. The number of benzene rings is 2. The van der Waals surface area contributed by atoms with E-state index in [2.05, 4.69) is 74.5 Å². The van der Waals surface area contributed by atoms with E-state index in [0.717, 1.165) is 5.92 Å². The fraction of sp³-hybridized carbons (Fsp3) is 0.368. The quantitative estimate of drug-likeness (QED) is 0.694. The molecule has 0 heterocycles. The monoisotopic (exact) mass is 250 g/mol. The predicted molar refractivity (Wildman–Crippen MR) is 81.2 cm³/mol. The molecule has 0 aromatic heterocycles. The van der Waals surface area contributed by atoms with E-state index in [1.165, 1.54) is 24.0 Å². The topological polar surface area (TPSA) is 0 Å². The van der Waals surface area contributed by atoms with Crippen LogP contribution in [0.4, 0.5) is 0 Å². The van der Waals surface area contributed by atoms with Crippen LogP contribution in [-0.2, 0) is 0 Å². The van der Waals surface area contributed by atoms with Crippen molar-refractivity contribution in [3.63, 3.8) is 0 Å². The van der Waals surface area contributed by atoms with Crippen LogP contribution in [0, 0.1) is 11.3 Å². The zero-order chi connectivity index (χ0) is 13.3. The second-order valence-electron chi connectivity index (χ2n) is 6.35. The highest BCUT2D eigenvalue weighted by atomic mass is 14.5. The van der Waals surface area contributed by atoms with E-state index in [1.807, 2.05) is 0 Å². The summed E-state index contributed by atoms with van der Waals surface area (Å²) in [7, 11) is 0. The molecular weight excluding hydrogens is 228 g/mol. The first-order chi connectivity index (χ1) is 9.19. The van der Waals surface area contributed by atoms with Crippen LogP contribution in [0.25, 0.3) is 0 Å². The van der Waals surface area contributed by atoms with Crippen molar-refractivity contribution in [1.29, 1.82) is 0 Å². The molecule has 0 aliphatic heterocycles. The molecule has 0 atom stereocenters. The molecule has 2 aromatic rings. The molecule has 0 unspecified atom stereocenters. The molecule has 0 spiro atoms. The van der Waals surface area contributed by atoms with Crippen LogP contribution >= 0.6 is 0 Å². The van der Waals surface area contributed by atoms with E-state index in [0.29, 0.717) is 11.3 Å². The van der Waals surface area contributed by atoms with Gasteiger partial charge in [0.1, 0.15) is 0 Å². The van der Waals surface area contributed by atoms with Crippen LogP contribution < -0.4 is 0 Å². The van der Waals surface area contributed by atoms with Gasteiger partial charge >= 0.3 is 0 Å². The Kier molecular flexibility index (Phi) is 3.18. The second kappa shape index (κ2) is 4.85. The highest BCUT2D eigenvalue weighted by Gasteiger charge is 2.44. The lowest BCUT2D eigenvalue weighted by atomic mass is 9.68. The lowest BCUT2D eigenvalue weighted by molar-refractivity contribution is 0.268. The maximum absolute atomic E-state index is 2.44. The molecule has 19 heavy (non-hydrogen) atoms. The van der Waals surface area contributed by atoms with Gasteiger partial charge in [0.2, 0.25) is 0 Å². The molecule has 0 amide bonds. The zero-order valence-corrected chi connectivity index (χ0v) is 11.8. The molecular formula is C19H22. The van der Waals surface area contributed by atoms with Crippen molar-refractivity contribution in [2.75, 3.05) is 0 Å². The molecule has 1 fully saturated rings. The average molecular weight is 250 g/mol. The van der Waals surface area contributed by atoms with Crippen molar-refractivity contribution in [3.05, 3.63) is 71.8 Å². The Balaban J connectivity index is 2.06. The molecule has 0 nitrogen and oxygen atoms in total. The molecule has 0 saturated heterocycles. The van der Waals surface area contributed by atoms with E-state index in [4.69, 9.17) is 0 Å². The van der Waals surface area contributed by atoms with Crippen LogP contribution in [0.1, 0.15) is 43.7 Å². The van der Waals surface area contributed by atoms with Gasteiger partial charge in [0.05, 0.1) is 0 Å². The number of hydrogen-bond donors (Lipinski definition) is 0. The number of rotatable bonds is 4. The molecule has 3 rings (SSSR count). The summed E-state index contributed by atoms with van der Waals surface area (Å²) in [6.07, 6.45) is 2.78. The van der Waals surface area contributed by atoms with Crippen molar-refractivity contribution in [1.82, 2.24) is 0 Å². The van der Waals surface area contributed by atoms with Gasteiger partial charge in [-0.25, -0.2) is 0 Å². The first-order valence-electron chi connectivity index (χ1n) is 7.29. The minimum Gasteiger partial charge on any atom is -0.0622 e. The van der Waals surface area contributed by atoms with Crippen molar-refractivity contribution in [2.24, 2.45) is 11.3 Å². The van der Waals surface area contributed by atoms with Crippen molar-refractivity contribution in [2.45, 2.75) is 32.6 Å². The lowest BCUT2D eigenvalue weighted by Crippen LogP contribution is -2.25. The Hall–Kier alpha value is -1.56. The van der Waals surface area contributed by atoms with Crippen molar-refractivity contribution in [3.8, 4) is 0 Å². The molecule has 0 bridgehead atoms. The van der Waals surface area contributed by atoms with Gasteiger partial charge in [-0.15, -0.1) is 0 Å². The van der Waals surface area contributed by atoms with Crippen molar-refractivity contribution >= 4 is 0 Å². The van der Waals surface area contributed by atoms with Gasteiger partial charge < -0.3 is 0 Å². The van der Waals surface area contributed by atoms with E-state index in [9.17, 15) is 0 Å². The number of hydrogen-bond acceptors (Lipinski definition) is 0. The summed E-state index contributed by atoms with van der Waals surface area (Å²) in [6.45, 7) is 4.88. The molecule has 98 valence electrons. The predicted octanol–water partition coefficient (Wildman–Crippen LogP) is 5.25. The van der Waals surface area contributed by atoms with E-state index in [-0.39, 0.29) is 0 Å². The van der Waals surface area contributed by atoms with Gasteiger partial charge in [-0.05, 0) is 35.3 Å². The maximum atomic E-state index is 2.44. The van der Waals surface area contributed by atoms with Crippen LogP contribution in [-0.4, -0.2) is 0 Å². The summed E-state index contributed by atoms with van der Waals surface area (Å²) < 4.78 is 0. The van der Waals surface area contributed by atoms with Gasteiger partial charge in [-0.2, -0.15) is 0 Å². The largest absolute Gasteiger partial charge is 0.0622 e. The Morgan fingerprint density at radius 1 is 0.789 bits per heavy atom. The average Bonchev–Trinajstić information content (AvgIpc) is 3.26. The molecule has 0 N–H and O–H groups in total. The van der Waals surface area contributed by atoms with Crippen molar-refractivity contribution < 1.29 is 0 Å². The van der Waals surface area contributed by atoms with Gasteiger partial charge in [0.15, 0.2) is 0 Å². The Morgan fingerprint density at radius 3 is 1.58 bits per heavy atom. The Labute approximate surface area is 116 Å². The fourth-order valence-electron chi connectivity index (χ4n) is 3.41. The normalized spacial score (nSPS) is 15.7. The third kappa shape index (κ3) is 2.45. The molecule has 1 aliphatic carbocycles. The van der Waals surface area contributed by atoms with Gasteiger partial charge in [-0.3, -0.25) is 0 Å². The highest BCUT2D eigenvalue weighted by Crippen LogP contribution is 2.54. The maximum Gasteiger partial charge on any atom is 0.0143 e. The highest BCUT2D eigenvalue weighted by molar-refractivity contribution is 5.35. The molecule has 0 heteroatoms. The zero-order valence-electron chi connectivity index (χ0n) is 11.8. The smallest absolute Gasteiger partial charge is 0.0143 e. The molecule has 2 aromatic carbocycles. The lowest BCUT2D eigenvalue weighted by Gasteiger charge is -2.35. The summed E-state index contributed by atoms with van der Waals surface area (Å²) in [5.74, 6) is 1.38. The van der Waals surface area contributed by atoms with E-state index < -0.39 is 0 Å². The summed E-state index contributed by atoms with van der Waals surface area (Å²) >= 11 is 0. The third-order valence-corrected chi connectivity index (χ3v) is 4.64. The summed E-state index contributed by atoms with van der Waals surface area (Å²) in [6, 6.07) is 22.0.